The van der Waals surface area contributed by atoms with E-state index in [4.69, 9.17) is 17.3 Å². The summed E-state index contributed by atoms with van der Waals surface area (Å²) < 4.78 is 1.18. The van der Waals surface area contributed by atoms with E-state index in [1.807, 2.05) is 13.8 Å². The van der Waals surface area contributed by atoms with E-state index in [9.17, 15) is 14.4 Å². The minimum Gasteiger partial charge on any atom is -0.384 e. The first kappa shape index (κ1) is 17.0. The number of benzene rings is 1. The Morgan fingerprint density at radius 2 is 1.80 bits per heavy atom. The van der Waals surface area contributed by atoms with Crippen LogP contribution in [0.15, 0.2) is 29.1 Å². The van der Waals surface area contributed by atoms with Crippen molar-refractivity contribution in [2.45, 2.75) is 13.8 Å². The Morgan fingerprint density at radius 3 is 2.40 bits per heavy atom. The molecule has 2 heterocycles. The molecule has 0 saturated carbocycles. The normalized spacial score (nSPS) is 12.9. The van der Waals surface area contributed by atoms with E-state index in [-0.39, 0.29) is 16.9 Å². The Bertz CT molecular complexity index is 948. The Balaban J connectivity index is 2.17. The van der Waals surface area contributed by atoms with Crippen molar-refractivity contribution in [2.24, 2.45) is 0 Å². The summed E-state index contributed by atoms with van der Waals surface area (Å²) in [5.74, 6) is -1.32. The van der Waals surface area contributed by atoms with Gasteiger partial charge in [0.2, 0.25) is 0 Å². The number of carbonyl (C=O) groups is 2. The molecule has 0 bridgehead atoms. The number of rotatable bonds is 4. The number of anilines is 2. The van der Waals surface area contributed by atoms with Gasteiger partial charge in [-0.25, -0.2) is 0 Å². The average Bonchev–Trinajstić information content (AvgIpc) is 2.84. The molecule has 1 aromatic carbocycles. The molecule has 0 spiro atoms. The van der Waals surface area contributed by atoms with Crippen LogP contribution in [0.2, 0.25) is 5.02 Å². The number of carbonyl (C=O) groups excluding carboxylic acids is 2. The van der Waals surface area contributed by atoms with Crippen molar-refractivity contribution in [2.75, 3.05) is 23.7 Å². The third kappa shape index (κ3) is 2.66. The third-order valence-corrected chi connectivity index (χ3v) is 4.55. The highest BCUT2D eigenvalue weighted by Crippen LogP contribution is 2.30. The topological polar surface area (TPSA) is 97.4 Å². The van der Waals surface area contributed by atoms with E-state index in [1.165, 1.54) is 4.57 Å². The molecule has 3 N–H and O–H groups in total. The van der Waals surface area contributed by atoms with Crippen molar-refractivity contribution in [3.05, 3.63) is 50.8 Å². The van der Waals surface area contributed by atoms with E-state index in [1.54, 1.807) is 18.2 Å². The number of aromatic nitrogens is 1. The zero-order valence-corrected chi connectivity index (χ0v) is 14.6. The molecule has 1 aromatic heterocycles. The Hall–Kier alpha value is -2.80. The monoisotopic (exact) mass is 360 g/mol. The van der Waals surface area contributed by atoms with Crippen molar-refractivity contribution in [1.82, 2.24) is 9.88 Å². The molecule has 0 fully saturated rings. The number of hydrogen-bond donors (Lipinski definition) is 2. The highest BCUT2D eigenvalue weighted by molar-refractivity contribution is 6.33. The Morgan fingerprint density at radius 1 is 1.12 bits per heavy atom. The maximum absolute atomic E-state index is 12.4. The summed E-state index contributed by atoms with van der Waals surface area (Å²) in [6, 6.07) is 6.24. The second-order valence-electron chi connectivity index (χ2n) is 5.58. The molecule has 0 atom stereocenters. The molecule has 8 heteroatoms. The zero-order chi connectivity index (χ0) is 18.3. The van der Waals surface area contributed by atoms with Crippen LogP contribution in [0.25, 0.3) is 5.69 Å². The number of imide groups is 1. The van der Waals surface area contributed by atoms with E-state index >= 15 is 0 Å². The van der Waals surface area contributed by atoms with E-state index in [0.29, 0.717) is 10.7 Å². The Kier molecular flexibility index (Phi) is 4.26. The lowest BCUT2D eigenvalue weighted by Crippen LogP contribution is -2.25. The van der Waals surface area contributed by atoms with Crippen LogP contribution in [-0.4, -0.2) is 29.5 Å². The molecule has 0 unspecified atom stereocenters. The molecule has 25 heavy (non-hydrogen) atoms. The fourth-order valence-electron chi connectivity index (χ4n) is 3.00. The van der Waals surface area contributed by atoms with Crippen LogP contribution in [0.5, 0.6) is 0 Å². The van der Waals surface area contributed by atoms with E-state index in [2.05, 4.69) is 10.2 Å². The van der Waals surface area contributed by atoms with Crippen molar-refractivity contribution >= 4 is 34.9 Å². The van der Waals surface area contributed by atoms with Gasteiger partial charge in [0.1, 0.15) is 5.82 Å². The van der Waals surface area contributed by atoms with Gasteiger partial charge < -0.3 is 10.6 Å². The third-order valence-electron chi connectivity index (χ3n) is 4.25. The van der Waals surface area contributed by atoms with E-state index in [0.717, 1.165) is 24.8 Å². The van der Waals surface area contributed by atoms with Crippen LogP contribution in [0, 0.1) is 0 Å². The molecular formula is C17H17ClN4O3. The summed E-state index contributed by atoms with van der Waals surface area (Å²) in [5.41, 5.74) is 6.79. The zero-order valence-electron chi connectivity index (χ0n) is 13.8. The molecule has 0 radical (unpaired) electrons. The van der Waals surface area contributed by atoms with Crippen molar-refractivity contribution < 1.29 is 9.59 Å². The molecule has 0 saturated heterocycles. The molecule has 1 aliphatic rings. The fourth-order valence-corrected chi connectivity index (χ4v) is 3.30. The maximum atomic E-state index is 12.4. The lowest BCUT2D eigenvalue weighted by atomic mass is 10.1. The summed E-state index contributed by atoms with van der Waals surface area (Å²) in [4.78, 5) is 38.1. The number of nitrogens with two attached hydrogens (primary N) is 1. The van der Waals surface area contributed by atoms with Crippen LogP contribution in [0.3, 0.4) is 0 Å². The SMILES string of the molecule is CCN(CC)c1ccc(-n2c(N)c3c(cc2=O)C(=O)NC3=O)cc1Cl. The average molecular weight is 361 g/mol. The molecule has 7 nitrogen and oxygen atoms in total. The molecular weight excluding hydrogens is 344 g/mol. The van der Waals surface area contributed by atoms with Crippen LogP contribution >= 0.6 is 11.6 Å². The van der Waals surface area contributed by atoms with Gasteiger partial charge in [-0.3, -0.25) is 24.3 Å². The first-order valence-electron chi connectivity index (χ1n) is 7.85. The number of fused-ring (bicyclic) bond motifs is 1. The minimum absolute atomic E-state index is 0.00499. The summed E-state index contributed by atoms with van der Waals surface area (Å²) in [6.07, 6.45) is 0. The molecule has 3 rings (SSSR count). The minimum atomic E-state index is -0.620. The Labute approximate surface area is 149 Å². The predicted molar refractivity (Wildman–Crippen MR) is 96.8 cm³/mol. The number of amides is 2. The number of hydrogen-bond acceptors (Lipinski definition) is 5. The molecule has 2 aromatic rings. The van der Waals surface area contributed by atoms with Crippen molar-refractivity contribution in [3.8, 4) is 5.69 Å². The maximum Gasteiger partial charge on any atom is 0.262 e. The first-order chi connectivity index (χ1) is 11.9. The quantitative estimate of drug-likeness (QED) is 0.810. The predicted octanol–water partition coefficient (Wildman–Crippen LogP) is 1.80. The van der Waals surface area contributed by atoms with Gasteiger partial charge in [0.25, 0.3) is 17.4 Å². The molecule has 130 valence electrons. The van der Waals surface area contributed by atoms with Gasteiger partial charge in [0.05, 0.1) is 27.5 Å². The summed E-state index contributed by atoms with van der Waals surface area (Å²) in [5, 5.41) is 2.60. The highest BCUT2D eigenvalue weighted by Gasteiger charge is 2.31. The number of halogens is 1. The standard InChI is InChI=1S/C17H17ClN4O3/c1-3-21(4-2)12-6-5-9(7-11(12)18)22-13(23)8-10-14(15(22)19)17(25)20-16(10)24/h5-8H,3-4,19H2,1-2H3,(H,20,24,25). The smallest absolute Gasteiger partial charge is 0.262 e. The summed E-state index contributed by atoms with van der Waals surface area (Å²) in [6.45, 7) is 5.62. The van der Waals surface area contributed by atoms with Gasteiger partial charge in [0.15, 0.2) is 0 Å². The lowest BCUT2D eigenvalue weighted by molar-refractivity contribution is 0.0880. The largest absolute Gasteiger partial charge is 0.384 e. The highest BCUT2D eigenvalue weighted by atomic mass is 35.5. The first-order valence-corrected chi connectivity index (χ1v) is 8.22. The van der Waals surface area contributed by atoms with Gasteiger partial charge in [-0.1, -0.05) is 11.6 Å². The van der Waals surface area contributed by atoms with Gasteiger partial charge in [0, 0.05) is 19.2 Å². The van der Waals surface area contributed by atoms with Crippen LogP contribution in [-0.2, 0) is 0 Å². The molecule has 1 aliphatic heterocycles. The van der Waals surface area contributed by atoms with Gasteiger partial charge in [-0.2, -0.15) is 0 Å². The van der Waals surface area contributed by atoms with Gasteiger partial charge in [-0.15, -0.1) is 0 Å². The fraction of sp³-hybridized carbons (Fsp3) is 0.235. The van der Waals surface area contributed by atoms with E-state index < -0.39 is 17.4 Å². The number of nitrogens with zero attached hydrogens (tertiary/aromatic N) is 2. The second kappa shape index (κ2) is 6.25. The van der Waals surface area contributed by atoms with Crippen LogP contribution in [0.4, 0.5) is 11.5 Å². The molecule has 2 amide bonds. The van der Waals surface area contributed by atoms with Crippen LogP contribution < -0.4 is 21.5 Å². The number of nitrogen functional groups attached to an aromatic ring is 1. The lowest BCUT2D eigenvalue weighted by Gasteiger charge is -2.23. The van der Waals surface area contributed by atoms with Crippen molar-refractivity contribution in [1.29, 1.82) is 0 Å². The molecule has 0 aliphatic carbocycles. The summed E-state index contributed by atoms with van der Waals surface area (Å²) in [7, 11) is 0. The number of nitrogens with one attached hydrogen (secondary N) is 1. The van der Waals surface area contributed by atoms with Crippen LogP contribution in [0.1, 0.15) is 34.6 Å². The summed E-state index contributed by atoms with van der Waals surface area (Å²) >= 11 is 6.37. The van der Waals surface area contributed by atoms with Gasteiger partial charge >= 0.3 is 0 Å². The number of pyridine rings is 1. The van der Waals surface area contributed by atoms with Gasteiger partial charge in [-0.05, 0) is 32.0 Å². The van der Waals surface area contributed by atoms with Crippen molar-refractivity contribution in [3.63, 3.8) is 0 Å². The second-order valence-corrected chi connectivity index (χ2v) is 5.99.